The average molecular weight is 596 g/mol. The zero-order valence-electron chi connectivity index (χ0n) is 24.6. The molecular formula is C32H36F3N5O3. The standard InChI is InChI=1S/C32H36F3N5O3/c1-5-9-43-23-13-21(31(15-24(16-31)42-4)29-38-37-19-39(29)3)12-22(14-23)40-18-26-25(28(40)41)10-20(11-27(26)32(33,34)35)17-36-30(2)7-6-8-30/h5,10-14,19,24,36H,1,6-9,15-18H2,2-4H3/t24-,31+. The van der Waals surface area contributed by atoms with Gasteiger partial charge in [0.25, 0.3) is 5.91 Å². The molecule has 0 unspecified atom stereocenters. The molecule has 0 saturated heterocycles. The summed E-state index contributed by atoms with van der Waals surface area (Å²) in [5.41, 5.74) is 0.362. The van der Waals surface area contributed by atoms with E-state index in [1.165, 1.54) is 11.0 Å². The van der Waals surface area contributed by atoms with E-state index in [4.69, 9.17) is 9.47 Å². The van der Waals surface area contributed by atoms with Crippen LogP contribution >= 0.6 is 0 Å². The Morgan fingerprint density at radius 2 is 1.95 bits per heavy atom. The summed E-state index contributed by atoms with van der Waals surface area (Å²) in [5.74, 6) is 0.744. The van der Waals surface area contributed by atoms with Crippen molar-refractivity contribution in [1.29, 1.82) is 0 Å². The molecule has 0 radical (unpaired) electrons. The van der Waals surface area contributed by atoms with E-state index in [1.54, 1.807) is 31.6 Å². The van der Waals surface area contributed by atoms with Crippen molar-refractivity contribution in [1.82, 2.24) is 20.1 Å². The van der Waals surface area contributed by atoms with E-state index in [2.05, 4.69) is 29.0 Å². The number of nitrogens with one attached hydrogen (secondary N) is 1. The molecule has 1 aliphatic heterocycles. The third-order valence-electron chi connectivity index (χ3n) is 9.33. The summed E-state index contributed by atoms with van der Waals surface area (Å²) in [5, 5.41) is 11.9. The van der Waals surface area contributed by atoms with Crippen LogP contribution < -0.4 is 15.0 Å². The van der Waals surface area contributed by atoms with Gasteiger partial charge in [0.2, 0.25) is 0 Å². The van der Waals surface area contributed by atoms with Crippen molar-refractivity contribution in [2.24, 2.45) is 7.05 Å². The molecule has 2 fully saturated rings. The van der Waals surface area contributed by atoms with Crippen molar-refractivity contribution in [3.8, 4) is 5.75 Å². The lowest BCUT2D eigenvalue weighted by atomic mass is 9.62. The van der Waals surface area contributed by atoms with E-state index in [0.717, 1.165) is 30.7 Å². The van der Waals surface area contributed by atoms with Gasteiger partial charge in [-0.25, -0.2) is 0 Å². The Bertz CT molecular complexity index is 1560. The number of carbonyl (C=O) groups excluding carboxylic acids is 1. The highest BCUT2D eigenvalue weighted by molar-refractivity contribution is 6.10. The van der Waals surface area contributed by atoms with Crippen molar-refractivity contribution in [2.45, 2.75) is 75.4 Å². The second-order valence-electron chi connectivity index (χ2n) is 12.3. The number of aromatic nitrogens is 3. The van der Waals surface area contributed by atoms with Gasteiger partial charge in [0.15, 0.2) is 0 Å². The van der Waals surface area contributed by atoms with Gasteiger partial charge in [-0.15, -0.1) is 10.2 Å². The molecule has 0 spiro atoms. The molecule has 2 heterocycles. The van der Waals surface area contributed by atoms with E-state index in [-0.39, 0.29) is 42.5 Å². The van der Waals surface area contributed by atoms with Crippen LogP contribution in [0, 0.1) is 0 Å². The highest BCUT2D eigenvalue weighted by atomic mass is 19.4. The van der Waals surface area contributed by atoms with Gasteiger partial charge in [-0.2, -0.15) is 13.2 Å². The first kappa shape index (κ1) is 29.4. The van der Waals surface area contributed by atoms with E-state index >= 15 is 0 Å². The number of methoxy groups -OCH3 is 1. The maximum Gasteiger partial charge on any atom is 0.416 e. The first-order valence-electron chi connectivity index (χ1n) is 14.5. The molecule has 2 aromatic carbocycles. The van der Waals surface area contributed by atoms with Crippen LogP contribution in [0.25, 0.3) is 0 Å². The van der Waals surface area contributed by atoms with Crippen LogP contribution in [0.4, 0.5) is 18.9 Å². The van der Waals surface area contributed by atoms with Crippen LogP contribution in [0.3, 0.4) is 0 Å². The van der Waals surface area contributed by atoms with Crippen molar-refractivity contribution in [3.05, 3.63) is 83.0 Å². The quantitative estimate of drug-likeness (QED) is 0.304. The predicted octanol–water partition coefficient (Wildman–Crippen LogP) is 5.69. The largest absolute Gasteiger partial charge is 0.489 e. The van der Waals surface area contributed by atoms with Crippen LogP contribution in [-0.2, 0) is 36.5 Å². The summed E-state index contributed by atoms with van der Waals surface area (Å²) in [4.78, 5) is 15.3. The van der Waals surface area contributed by atoms with E-state index in [9.17, 15) is 18.0 Å². The SMILES string of the molecule is C=CCOc1cc(N2Cc3c(cc(CNC4(C)CCC4)cc3C(F)(F)F)C2=O)cc([C@]2(c3nncn3C)C[C@@H](OC)C2)c1. The maximum absolute atomic E-state index is 14.4. The number of ether oxygens (including phenoxy) is 2. The summed E-state index contributed by atoms with van der Waals surface area (Å²) in [6.07, 6.45) is 2.94. The third kappa shape index (κ3) is 5.22. The fraction of sp³-hybridized carbons (Fsp3) is 0.469. The number of hydrogen-bond acceptors (Lipinski definition) is 6. The predicted molar refractivity (Wildman–Crippen MR) is 155 cm³/mol. The van der Waals surface area contributed by atoms with Crippen molar-refractivity contribution >= 4 is 11.6 Å². The molecule has 0 bridgehead atoms. The minimum atomic E-state index is -4.60. The Morgan fingerprint density at radius 1 is 1.19 bits per heavy atom. The first-order chi connectivity index (χ1) is 20.5. The van der Waals surface area contributed by atoms with Crippen LogP contribution in [0.1, 0.15) is 77.5 Å². The molecule has 1 amide bonds. The molecule has 0 atom stereocenters. The van der Waals surface area contributed by atoms with Crippen LogP contribution in [0.5, 0.6) is 5.75 Å². The van der Waals surface area contributed by atoms with Crippen molar-refractivity contribution in [3.63, 3.8) is 0 Å². The molecule has 43 heavy (non-hydrogen) atoms. The Balaban J connectivity index is 1.40. The smallest absolute Gasteiger partial charge is 0.416 e. The number of hydrogen-bond donors (Lipinski definition) is 1. The van der Waals surface area contributed by atoms with E-state index < -0.39 is 23.1 Å². The van der Waals surface area contributed by atoms with Gasteiger partial charge in [-0.05, 0) is 80.0 Å². The second-order valence-corrected chi connectivity index (χ2v) is 12.3. The molecule has 11 heteroatoms. The van der Waals surface area contributed by atoms with Gasteiger partial charge in [-0.1, -0.05) is 12.7 Å². The number of carbonyl (C=O) groups is 1. The summed E-state index contributed by atoms with van der Waals surface area (Å²) in [6.45, 7) is 6.09. The third-order valence-corrected chi connectivity index (χ3v) is 9.33. The number of halogens is 3. The van der Waals surface area contributed by atoms with Gasteiger partial charge in [0, 0.05) is 43.6 Å². The molecule has 2 saturated carbocycles. The summed E-state index contributed by atoms with van der Waals surface area (Å²) in [7, 11) is 3.53. The summed E-state index contributed by atoms with van der Waals surface area (Å²) in [6, 6.07) is 8.24. The Morgan fingerprint density at radius 3 is 2.56 bits per heavy atom. The minimum absolute atomic E-state index is 0.000794. The van der Waals surface area contributed by atoms with Crippen LogP contribution in [-0.4, -0.2) is 46.0 Å². The van der Waals surface area contributed by atoms with Crippen molar-refractivity contribution in [2.75, 3.05) is 18.6 Å². The number of aryl methyl sites for hydroxylation is 1. The molecule has 228 valence electrons. The molecule has 1 N–H and O–H groups in total. The monoisotopic (exact) mass is 595 g/mol. The zero-order chi connectivity index (χ0) is 30.6. The van der Waals surface area contributed by atoms with Crippen LogP contribution in [0.2, 0.25) is 0 Å². The minimum Gasteiger partial charge on any atom is -0.489 e. The molecule has 6 rings (SSSR count). The highest BCUT2D eigenvalue weighted by Crippen LogP contribution is 2.51. The average Bonchev–Trinajstić information content (AvgIpc) is 3.51. The van der Waals surface area contributed by atoms with Gasteiger partial charge in [-0.3, -0.25) is 4.79 Å². The number of anilines is 1. The zero-order valence-corrected chi connectivity index (χ0v) is 24.6. The Kier molecular flexibility index (Phi) is 7.37. The molecule has 1 aromatic heterocycles. The van der Waals surface area contributed by atoms with Crippen LogP contribution in [0.15, 0.2) is 49.3 Å². The number of nitrogens with zero attached hydrogens (tertiary/aromatic N) is 4. The lowest BCUT2D eigenvalue weighted by Crippen LogP contribution is -2.48. The molecule has 3 aromatic rings. The Labute approximate surface area is 248 Å². The lowest BCUT2D eigenvalue weighted by Gasteiger charge is -2.46. The van der Waals surface area contributed by atoms with Gasteiger partial charge in [0.05, 0.1) is 23.6 Å². The summed E-state index contributed by atoms with van der Waals surface area (Å²) < 4.78 is 56.5. The number of benzene rings is 2. The van der Waals surface area contributed by atoms with Crippen molar-refractivity contribution < 1.29 is 27.4 Å². The first-order valence-corrected chi connectivity index (χ1v) is 14.5. The molecular weight excluding hydrogens is 559 g/mol. The van der Waals surface area contributed by atoms with Gasteiger partial charge < -0.3 is 24.3 Å². The normalized spacial score (nSPS) is 22.6. The maximum atomic E-state index is 14.4. The topological polar surface area (TPSA) is 81.5 Å². The van der Waals surface area contributed by atoms with Gasteiger partial charge >= 0.3 is 6.18 Å². The number of rotatable bonds is 10. The highest BCUT2D eigenvalue weighted by Gasteiger charge is 2.51. The number of alkyl halides is 3. The van der Waals surface area contributed by atoms with E-state index in [0.29, 0.717) is 29.8 Å². The number of fused-ring (bicyclic) bond motifs is 1. The van der Waals surface area contributed by atoms with Gasteiger partial charge in [0.1, 0.15) is 24.5 Å². The lowest BCUT2D eigenvalue weighted by molar-refractivity contribution is -0.138. The number of amides is 1. The Hall–Kier alpha value is -3.70. The second kappa shape index (κ2) is 10.8. The fourth-order valence-electron chi connectivity index (χ4n) is 6.63. The molecule has 8 nitrogen and oxygen atoms in total. The molecule has 3 aliphatic rings. The van der Waals surface area contributed by atoms with E-state index in [1.807, 2.05) is 23.7 Å². The fourth-order valence-corrected chi connectivity index (χ4v) is 6.63. The molecule has 2 aliphatic carbocycles. The summed E-state index contributed by atoms with van der Waals surface area (Å²) >= 11 is 0.